The van der Waals surface area contributed by atoms with Gasteiger partial charge in [0.15, 0.2) is 22.9 Å². The summed E-state index contributed by atoms with van der Waals surface area (Å²) in [5.41, 5.74) is 1.27. The molecule has 1 aliphatic heterocycles. The van der Waals surface area contributed by atoms with Gasteiger partial charge >= 0.3 is 11.9 Å². The first kappa shape index (κ1) is 26.9. The van der Waals surface area contributed by atoms with Gasteiger partial charge in [-0.05, 0) is 70.5 Å². The Morgan fingerprint density at radius 1 is 0.865 bits per heavy atom. The van der Waals surface area contributed by atoms with Crippen molar-refractivity contribution >= 4 is 71.7 Å². The lowest BCUT2D eigenvalue weighted by atomic mass is 10.1. The fourth-order valence-corrected chi connectivity index (χ4v) is 5.02. The summed E-state index contributed by atoms with van der Waals surface area (Å²) < 4.78 is 29.1. The minimum atomic E-state index is -0.685. The van der Waals surface area contributed by atoms with E-state index in [-0.39, 0.29) is 22.9 Å². The van der Waals surface area contributed by atoms with Gasteiger partial charge in [-0.3, -0.25) is 0 Å². The summed E-state index contributed by atoms with van der Waals surface area (Å²) in [6.07, 6.45) is 1.49. The molecule has 8 nitrogen and oxygen atoms in total. The van der Waals surface area contributed by atoms with Crippen LogP contribution in [0.15, 0.2) is 72.6 Å². The topological polar surface area (TPSA) is 92.7 Å². The maximum Gasteiger partial charge on any atom is 0.363 e. The summed E-state index contributed by atoms with van der Waals surface area (Å²) in [6.45, 7) is 0. The molecule has 0 aromatic heterocycles. The number of methoxy groups -OCH3 is 3. The smallest absolute Gasteiger partial charge is 0.363 e. The Balaban J connectivity index is 1.71. The number of hydrogen-bond donors (Lipinski definition) is 0. The van der Waals surface area contributed by atoms with Gasteiger partial charge in [0.2, 0.25) is 11.6 Å². The molecular weight excluding hydrogens is 678 g/mol. The zero-order chi connectivity index (χ0) is 26.7. The number of halogens is 3. The molecule has 190 valence electrons. The van der Waals surface area contributed by atoms with E-state index in [0.717, 1.165) is 4.47 Å². The predicted octanol–water partition coefficient (Wildman–Crippen LogP) is 6.56. The summed E-state index contributed by atoms with van der Waals surface area (Å²) in [5.74, 6) is -0.0192. The number of cyclic esters (lactones) is 1. The average molecular weight is 696 g/mol. The Bertz CT molecular complexity index is 1420. The van der Waals surface area contributed by atoms with E-state index in [1.165, 1.54) is 39.5 Å². The Labute approximate surface area is 237 Å². The molecule has 0 atom stereocenters. The van der Waals surface area contributed by atoms with Crippen molar-refractivity contribution < 1.29 is 33.3 Å². The number of carbonyl (C=O) groups is 2. The SMILES string of the molecule is COc1cc(C(=O)Oc2c(Br)cc(Br)cc2/C=C2\N=C(c3ccc(Br)cc3)OC2=O)cc(OC)c1OC. The van der Waals surface area contributed by atoms with E-state index < -0.39 is 11.9 Å². The third-order valence-corrected chi connectivity index (χ3v) is 6.71. The van der Waals surface area contributed by atoms with Crippen LogP contribution in [-0.2, 0) is 9.53 Å². The number of hydrogen-bond acceptors (Lipinski definition) is 8. The molecule has 4 rings (SSSR count). The lowest BCUT2D eigenvalue weighted by molar-refractivity contribution is -0.129. The molecule has 0 fully saturated rings. The van der Waals surface area contributed by atoms with E-state index in [9.17, 15) is 9.59 Å². The van der Waals surface area contributed by atoms with Crippen LogP contribution in [0.2, 0.25) is 0 Å². The molecule has 0 spiro atoms. The highest BCUT2D eigenvalue weighted by atomic mass is 79.9. The lowest BCUT2D eigenvalue weighted by Crippen LogP contribution is -2.11. The Hall–Kier alpha value is -3.15. The van der Waals surface area contributed by atoms with E-state index in [0.29, 0.717) is 37.3 Å². The molecule has 3 aromatic carbocycles. The minimum Gasteiger partial charge on any atom is -0.493 e. The molecular formula is C26H18Br3NO7. The molecule has 0 saturated heterocycles. The third-order valence-electron chi connectivity index (χ3n) is 5.14. The maximum atomic E-state index is 13.2. The molecule has 0 N–H and O–H groups in total. The van der Waals surface area contributed by atoms with Gasteiger partial charge in [-0.2, -0.15) is 0 Å². The number of ether oxygens (including phenoxy) is 5. The molecule has 0 radical (unpaired) electrons. The molecule has 0 unspecified atom stereocenters. The Morgan fingerprint density at radius 2 is 1.51 bits per heavy atom. The van der Waals surface area contributed by atoms with Gasteiger partial charge in [0.25, 0.3) is 0 Å². The molecule has 1 aliphatic rings. The van der Waals surface area contributed by atoms with E-state index in [2.05, 4.69) is 52.8 Å². The van der Waals surface area contributed by atoms with Crippen LogP contribution in [-0.4, -0.2) is 39.2 Å². The van der Waals surface area contributed by atoms with Gasteiger partial charge in [-0.1, -0.05) is 31.9 Å². The van der Waals surface area contributed by atoms with Crippen molar-refractivity contribution in [3.8, 4) is 23.0 Å². The standard InChI is InChI=1S/C26H18Br3NO7/c1-33-20-10-15(11-21(34-2)23(20)35-3)25(31)36-22-14(8-17(28)12-18(22)29)9-19-26(32)37-24(30-19)13-4-6-16(27)7-5-13/h4-12H,1-3H3/b19-9-. The zero-order valence-corrected chi connectivity index (χ0v) is 24.4. The quantitative estimate of drug-likeness (QED) is 0.157. The second kappa shape index (κ2) is 11.5. The van der Waals surface area contributed by atoms with Crippen molar-refractivity contribution in [1.29, 1.82) is 0 Å². The van der Waals surface area contributed by atoms with Gasteiger partial charge < -0.3 is 23.7 Å². The highest BCUT2D eigenvalue weighted by molar-refractivity contribution is 9.11. The van der Waals surface area contributed by atoms with Crippen LogP contribution in [0.25, 0.3) is 6.08 Å². The molecule has 11 heteroatoms. The predicted molar refractivity (Wildman–Crippen MR) is 148 cm³/mol. The number of nitrogens with zero attached hydrogens (tertiary/aromatic N) is 1. The van der Waals surface area contributed by atoms with Gasteiger partial charge in [0.05, 0.1) is 31.4 Å². The van der Waals surface area contributed by atoms with Gasteiger partial charge in [-0.15, -0.1) is 0 Å². The first-order chi connectivity index (χ1) is 17.7. The van der Waals surface area contributed by atoms with Crippen molar-refractivity contribution in [2.45, 2.75) is 0 Å². The second-order valence-corrected chi connectivity index (χ2v) is 10.1. The van der Waals surface area contributed by atoms with Crippen LogP contribution in [0.4, 0.5) is 0 Å². The molecule has 37 heavy (non-hydrogen) atoms. The largest absolute Gasteiger partial charge is 0.493 e. The van der Waals surface area contributed by atoms with Crippen LogP contribution in [0.3, 0.4) is 0 Å². The molecule has 0 saturated carbocycles. The Kier molecular flexibility index (Phi) is 8.35. The fraction of sp³-hybridized carbons (Fsp3) is 0.115. The van der Waals surface area contributed by atoms with Crippen molar-refractivity contribution in [2.75, 3.05) is 21.3 Å². The first-order valence-corrected chi connectivity index (χ1v) is 12.9. The molecule has 0 aliphatic carbocycles. The van der Waals surface area contributed by atoms with Crippen LogP contribution in [0, 0.1) is 0 Å². The number of benzene rings is 3. The summed E-state index contributed by atoms with van der Waals surface area (Å²) >= 11 is 10.2. The summed E-state index contributed by atoms with van der Waals surface area (Å²) in [7, 11) is 4.37. The third kappa shape index (κ3) is 5.89. The summed E-state index contributed by atoms with van der Waals surface area (Å²) in [4.78, 5) is 30.1. The van der Waals surface area contributed by atoms with Crippen LogP contribution >= 0.6 is 47.8 Å². The van der Waals surface area contributed by atoms with Crippen LogP contribution in [0.5, 0.6) is 23.0 Å². The number of carbonyl (C=O) groups excluding carboxylic acids is 2. The van der Waals surface area contributed by atoms with E-state index >= 15 is 0 Å². The van der Waals surface area contributed by atoms with Crippen molar-refractivity contribution in [3.63, 3.8) is 0 Å². The number of aliphatic imine (C=N–C) groups is 1. The normalized spacial score (nSPS) is 13.7. The summed E-state index contributed by atoms with van der Waals surface area (Å²) in [6, 6.07) is 13.6. The number of esters is 2. The monoisotopic (exact) mass is 693 g/mol. The maximum absolute atomic E-state index is 13.2. The highest BCUT2D eigenvalue weighted by Crippen LogP contribution is 2.40. The lowest BCUT2D eigenvalue weighted by Gasteiger charge is -2.15. The van der Waals surface area contributed by atoms with Crippen molar-refractivity contribution in [2.24, 2.45) is 4.99 Å². The average Bonchev–Trinajstić information content (AvgIpc) is 3.25. The van der Waals surface area contributed by atoms with Crippen molar-refractivity contribution in [3.05, 3.63) is 84.3 Å². The van der Waals surface area contributed by atoms with E-state index in [1.54, 1.807) is 24.3 Å². The van der Waals surface area contributed by atoms with E-state index in [1.807, 2.05) is 12.1 Å². The van der Waals surface area contributed by atoms with Crippen LogP contribution in [0.1, 0.15) is 21.5 Å². The number of rotatable bonds is 7. The highest BCUT2D eigenvalue weighted by Gasteiger charge is 2.26. The van der Waals surface area contributed by atoms with Gasteiger partial charge in [0.1, 0.15) is 0 Å². The fourth-order valence-electron chi connectivity index (χ4n) is 3.42. The molecule has 0 amide bonds. The van der Waals surface area contributed by atoms with E-state index in [4.69, 9.17) is 23.7 Å². The molecule has 0 bridgehead atoms. The Morgan fingerprint density at radius 3 is 2.11 bits per heavy atom. The minimum absolute atomic E-state index is 0.0491. The molecule has 3 aromatic rings. The van der Waals surface area contributed by atoms with Crippen molar-refractivity contribution in [1.82, 2.24) is 0 Å². The first-order valence-electron chi connectivity index (χ1n) is 10.5. The van der Waals surface area contributed by atoms with Gasteiger partial charge in [-0.25, -0.2) is 14.6 Å². The second-order valence-electron chi connectivity index (χ2n) is 7.45. The molecule has 1 heterocycles. The van der Waals surface area contributed by atoms with Gasteiger partial charge in [0, 0.05) is 20.1 Å². The van der Waals surface area contributed by atoms with Crippen LogP contribution < -0.4 is 18.9 Å². The zero-order valence-electron chi connectivity index (χ0n) is 19.6. The summed E-state index contributed by atoms with van der Waals surface area (Å²) in [5, 5.41) is 0.